The minimum atomic E-state index is -0.169. The molecule has 2 N–H and O–H groups in total. The van der Waals surface area contributed by atoms with Crippen molar-refractivity contribution >= 4 is 5.91 Å². The average Bonchev–Trinajstić information content (AvgIpc) is 3.29. The summed E-state index contributed by atoms with van der Waals surface area (Å²) in [6, 6.07) is 8.41. The monoisotopic (exact) mass is 288 g/mol. The van der Waals surface area contributed by atoms with E-state index in [1.807, 2.05) is 18.2 Å². The summed E-state index contributed by atoms with van der Waals surface area (Å²) >= 11 is 0. The molecular formula is C17H24N2O2. The van der Waals surface area contributed by atoms with Crippen molar-refractivity contribution in [2.45, 2.75) is 38.1 Å². The summed E-state index contributed by atoms with van der Waals surface area (Å²) in [6.45, 7) is 2.02. The highest BCUT2D eigenvalue weighted by molar-refractivity contribution is 5.85. The number of carbonyl (C=O) groups excluding carboxylic acids is 1. The maximum absolute atomic E-state index is 12.6. The minimum absolute atomic E-state index is 0.169. The molecule has 1 amide bonds. The van der Waals surface area contributed by atoms with Gasteiger partial charge in [-0.1, -0.05) is 12.1 Å². The van der Waals surface area contributed by atoms with E-state index in [0.717, 1.165) is 50.9 Å². The molecule has 2 aliphatic rings. The van der Waals surface area contributed by atoms with Crippen LogP contribution in [0.4, 0.5) is 0 Å². The number of amides is 1. The lowest BCUT2D eigenvalue weighted by Gasteiger charge is -2.26. The molecule has 3 rings (SSSR count). The summed E-state index contributed by atoms with van der Waals surface area (Å²) in [5.41, 5.74) is 1.02. The van der Waals surface area contributed by atoms with Crippen LogP contribution in [0.25, 0.3) is 0 Å². The molecule has 0 unspecified atom stereocenters. The highest BCUT2D eigenvalue weighted by atomic mass is 16.5. The number of methoxy groups -OCH3 is 1. The number of nitrogens with one attached hydrogen (secondary N) is 2. The number of ether oxygens (including phenoxy) is 1. The Balaban J connectivity index is 1.62. The number of rotatable bonds is 5. The van der Waals surface area contributed by atoms with Gasteiger partial charge in [-0.15, -0.1) is 0 Å². The van der Waals surface area contributed by atoms with E-state index in [1.54, 1.807) is 7.11 Å². The smallest absolute Gasteiger partial charge is 0.226 e. The number of piperidine rings is 1. The third kappa shape index (κ3) is 3.38. The molecule has 4 nitrogen and oxygen atoms in total. The molecule has 1 aliphatic carbocycles. The van der Waals surface area contributed by atoms with E-state index in [9.17, 15) is 4.79 Å². The third-order valence-electron chi connectivity index (χ3n) is 4.69. The van der Waals surface area contributed by atoms with Crippen molar-refractivity contribution in [2.75, 3.05) is 20.2 Å². The second-order valence-electron chi connectivity index (χ2n) is 6.31. The van der Waals surface area contributed by atoms with Crippen LogP contribution in [0.5, 0.6) is 5.75 Å². The Hall–Kier alpha value is -1.55. The lowest BCUT2D eigenvalue weighted by Crippen LogP contribution is -2.45. The van der Waals surface area contributed by atoms with E-state index in [0.29, 0.717) is 6.04 Å². The van der Waals surface area contributed by atoms with E-state index >= 15 is 0 Å². The first-order chi connectivity index (χ1) is 10.2. The Morgan fingerprint density at radius 1 is 1.38 bits per heavy atom. The molecule has 1 aromatic carbocycles. The van der Waals surface area contributed by atoms with Gasteiger partial charge in [-0.25, -0.2) is 0 Å². The van der Waals surface area contributed by atoms with Gasteiger partial charge < -0.3 is 15.4 Å². The number of carbonyl (C=O) groups is 1. The summed E-state index contributed by atoms with van der Waals surface area (Å²) in [5.74, 6) is 1.11. The van der Waals surface area contributed by atoms with Crippen molar-refractivity contribution < 1.29 is 9.53 Å². The molecule has 0 bridgehead atoms. The molecular weight excluding hydrogens is 264 g/mol. The Morgan fingerprint density at radius 2 is 2.14 bits per heavy atom. The van der Waals surface area contributed by atoms with E-state index in [2.05, 4.69) is 16.7 Å². The first-order valence-corrected chi connectivity index (χ1v) is 7.86. The maximum Gasteiger partial charge on any atom is 0.226 e. The summed E-state index contributed by atoms with van der Waals surface area (Å²) in [6.07, 6.45) is 4.91. The molecule has 0 atom stereocenters. The molecule has 1 aliphatic heterocycles. The average molecular weight is 288 g/mol. The van der Waals surface area contributed by atoms with E-state index in [1.165, 1.54) is 5.56 Å². The molecule has 1 heterocycles. The Labute approximate surface area is 126 Å². The Bertz CT molecular complexity index is 505. The Morgan fingerprint density at radius 3 is 2.81 bits per heavy atom. The van der Waals surface area contributed by atoms with Crippen molar-refractivity contribution in [1.82, 2.24) is 10.6 Å². The Kier molecular flexibility index (Phi) is 4.15. The molecule has 2 fully saturated rings. The predicted octanol–water partition coefficient (Wildman–Crippen LogP) is 1.89. The first kappa shape index (κ1) is 14.4. The minimum Gasteiger partial charge on any atom is -0.497 e. The van der Waals surface area contributed by atoms with Crippen LogP contribution in [-0.2, 0) is 11.2 Å². The quantitative estimate of drug-likeness (QED) is 0.870. The first-order valence-electron chi connectivity index (χ1n) is 7.86. The van der Waals surface area contributed by atoms with Crippen LogP contribution in [0.1, 0.15) is 31.2 Å². The number of benzene rings is 1. The zero-order valence-electron chi connectivity index (χ0n) is 12.7. The van der Waals surface area contributed by atoms with Gasteiger partial charge in [0.05, 0.1) is 12.5 Å². The summed E-state index contributed by atoms with van der Waals surface area (Å²) in [5, 5.41) is 6.59. The van der Waals surface area contributed by atoms with Gasteiger partial charge in [-0.2, -0.15) is 0 Å². The lowest BCUT2D eigenvalue weighted by atomic mass is 9.94. The maximum atomic E-state index is 12.6. The highest BCUT2D eigenvalue weighted by Gasteiger charge is 2.49. The van der Waals surface area contributed by atoms with Gasteiger partial charge >= 0.3 is 0 Å². The lowest BCUT2D eigenvalue weighted by molar-refractivity contribution is -0.127. The van der Waals surface area contributed by atoms with Crippen molar-refractivity contribution in [2.24, 2.45) is 5.41 Å². The molecule has 0 radical (unpaired) electrons. The van der Waals surface area contributed by atoms with Crippen molar-refractivity contribution in [1.29, 1.82) is 0 Å². The SMILES string of the molecule is COc1cccc(CC2(C(=O)NC3CCNCC3)CC2)c1. The fourth-order valence-electron chi connectivity index (χ4n) is 3.11. The number of hydrogen-bond donors (Lipinski definition) is 2. The van der Waals surface area contributed by atoms with Crippen molar-refractivity contribution in [3.63, 3.8) is 0 Å². The van der Waals surface area contributed by atoms with Crippen molar-refractivity contribution in [3.8, 4) is 5.75 Å². The molecule has 0 aromatic heterocycles. The van der Waals surface area contributed by atoms with Crippen LogP contribution >= 0.6 is 0 Å². The van der Waals surface area contributed by atoms with Gasteiger partial charge in [-0.3, -0.25) is 4.79 Å². The molecule has 1 saturated carbocycles. The summed E-state index contributed by atoms with van der Waals surface area (Å²) in [4.78, 5) is 12.6. The molecule has 4 heteroatoms. The van der Waals surface area contributed by atoms with Gasteiger partial charge in [0.1, 0.15) is 5.75 Å². The number of hydrogen-bond acceptors (Lipinski definition) is 3. The summed E-state index contributed by atoms with van der Waals surface area (Å²) < 4.78 is 5.26. The molecule has 0 spiro atoms. The molecule has 1 saturated heterocycles. The molecule has 114 valence electrons. The van der Waals surface area contributed by atoms with Gasteiger partial charge in [-0.05, 0) is 62.9 Å². The van der Waals surface area contributed by atoms with Gasteiger partial charge in [0.25, 0.3) is 0 Å². The fourth-order valence-corrected chi connectivity index (χ4v) is 3.11. The topological polar surface area (TPSA) is 50.4 Å². The normalized spacial score (nSPS) is 20.8. The predicted molar refractivity (Wildman–Crippen MR) is 82.4 cm³/mol. The fraction of sp³-hybridized carbons (Fsp3) is 0.588. The van der Waals surface area contributed by atoms with E-state index in [-0.39, 0.29) is 11.3 Å². The largest absolute Gasteiger partial charge is 0.497 e. The van der Waals surface area contributed by atoms with Gasteiger partial charge in [0.15, 0.2) is 0 Å². The molecule has 21 heavy (non-hydrogen) atoms. The molecule has 1 aromatic rings. The highest BCUT2D eigenvalue weighted by Crippen LogP contribution is 2.49. The van der Waals surface area contributed by atoms with E-state index in [4.69, 9.17) is 4.74 Å². The van der Waals surface area contributed by atoms with E-state index < -0.39 is 0 Å². The second kappa shape index (κ2) is 6.06. The third-order valence-corrected chi connectivity index (χ3v) is 4.69. The van der Waals surface area contributed by atoms with Crippen LogP contribution in [-0.4, -0.2) is 32.1 Å². The van der Waals surface area contributed by atoms with Crippen LogP contribution in [0.15, 0.2) is 24.3 Å². The van der Waals surface area contributed by atoms with Gasteiger partial charge in [0.2, 0.25) is 5.91 Å². The van der Waals surface area contributed by atoms with Crippen LogP contribution in [0.3, 0.4) is 0 Å². The second-order valence-corrected chi connectivity index (χ2v) is 6.31. The zero-order valence-corrected chi connectivity index (χ0v) is 12.7. The van der Waals surface area contributed by atoms with Crippen molar-refractivity contribution in [3.05, 3.63) is 29.8 Å². The van der Waals surface area contributed by atoms with Crippen LogP contribution in [0, 0.1) is 5.41 Å². The summed E-state index contributed by atoms with van der Waals surface area (Å²) in [7, 11) is 1.68. The van der Waals surface area contributed by atoms with Gasteiger partial charge in [0, 0.05) is 6.04 Å². The van der Waals surface area contributed by atoms with Crippen LogP contribution < -0.4 is 15.4 Å². The zero-order chi connectivity index (χ0) is 14.7. The van der Waals surface area contributed by atoms with Crippen LogP contribution in [0.2, 0.25) is 0 Å². The standard InChI is InChI=1S/C17H24N2O2/c1-21-15-4-2-3-13(11-15)12-17(7-8-17)16(20)19-14-5-9-18-10-6-14/h2-4,11,14,18H,5-10,12H2,1H3,(H,19,20).